The van der Waals surface area contributed by atoms with Crippen LogP contribution in [0.3, 0.4) is 0 Å². The van der Waals surface area contributed by atoms with Crippen LogP contribution < -0.4 is 5.32 Å². The molecule has 9 N–H and O–H groups in total. The minimum Gasteiger partial charge on any atom is -0.392 e. The van der Waals surface area contributed by atoms with Crippen LogP contribution in [0, 0.1) is 0 Å². The zero-order valence-electron chi connectivity index (χ0n) is 31.9. The molecule has 0 aliphatic heterocycles. The Labute approximate surface area is 317 Å². The number of phosphoric ester groups is 1. The molecule has 0 aromatic heterocycles. The predicted octanol–water partition coefficient (Wildman–Crippen LogP) is 4.80. The second-order valence-corrected chi connectivity index (χ2v) is 15.4. The maximum atomic E-state index is 12.8. The van der Waals surface area contributed by atoms with Crippen molar-refractivity contribution in [3.8, 4) is 0 Å². The number of hydrogen-bond donors (Lipinski definition) is 9. The molecule has 53 heavy (non-hydrogen) atoms. The van der Waals surface area contributed by atoms with Gasteiger partial charge in [-0.25, -0.2) is 4.57 Å². The maximum absolute atomic E-state index is 12.8. The summed E-state index contributed by atoms with van der Waals surface area (Å²) in [7, 11) is -5.15. The number of hydrogen-bond acceptors (Lipinski definition) is 11. The lowest BCUT2D eigenvalue weighted by Crippen LogP contribution is -2.64. The molecule has 1 amide bonds. The van der Waals surface area contributed by atoms with Gasteiger partial charge in [0.25, 0.3) is 0 Å². The van der Waals surface area contributed by atoms with E-state index in [0.29, 0.717) is 12.8 Å². The first-order valence-corrected chi connectivity index (χ1v) is 21.2. The van der Waals surface area contributed by atoms with Gasteiger partial charge in [-0.3, -0.25) is 13.8 Å². The van der Waals surface area contributed by atoms with Gasteiger partial charge in [-0.15, -0.1) is 0 Å². The van der Waals surface area contributed by atoms with Gasteiger partial charge in [-0.05, 0) is 57.8 Å². The molecule has 1 aliphatic carbocycles. The van der Waals surface area contributed by atoms with Crippen LogP contribution in [0.4, 0.5) is 0 Å². The molecule has 1 saturated carbocycles. The van der Waals surface area contributed by atoms with Gasteiger partial charge in [0, 0.05) is 0 Å². The van der Waals surface area contributed by atoms with Crippen molar-refractivity contribution in [2.75, 3.05) is 6.61 Å². The molecule has 0 heterocycles. The summed E-state index contributed by atoms with van der Waals surface area (Å²) in [5, 5.41) is 73.8. The van der Waals surface area contributed by atoms with Gasteiger partial charge in [0.1, 0.15) is 36.6 Å². The molecular weight excluding hydrogens is 705 g/mol. The normalized spacial score (nSPS) is 25.4. The van der Waals surface area contributed by atoms with E-state index >= 15 is 0 Å². The van der Waals surface area contributed by atoms with Crippen LogP contribution in [0.5, 0.6) is 0 Å². The number of amides is 1. The lowest BCUT2D eigenvalue weighted by molar-refractivity contribution is -0.220. The summed E-state index contributed by atoms with van der Waals surface area (Å²) >= 11 is 0. The zero-order valence-corrected chi connectivity index (χ0v) is 32.8. The molecule has 13 nitrogen and oxygen atoms in total. The molecule has 1 rings (SSSR count). The number of nitrogens with one attached hydrogen (secondary N) is 1. The highest BCUT2D eigenvalue weighted by molar-refractivity contribution is 7.47. The number of carbonyl (C=O) groups excluding carboxylic acids is 1. The molecule has 308 valence electrons. The van der Waals surface area contributed by atoms with Crippen LogP contribution >= 0.6 is 7.82 Å². The van der Waals surface area contributed by atoms with Crippen LogP contribution in [-0.2, 0) is 18.4 Å². The molecule has 0 aromatic rings. The molecule has 0 spiro atoms. The fraction of sp³-hybridized carbons (Fsp3) is 0.769. The first-order chi connectivity index (χ1) is 25.3. The monoisotopic (exact) mass is 775 g/mol. The number of unbranched alkanes of at least 4 members (excludes halogenated alkanes) is 12. The van der Waals surface area contributed by atoms with Gasteiger partial charge in [-0.2, -0.15) is 0 Å². The second kappa shape index (κ2) is 29.5. The SMILES string of the molecule is CCCCCC/C=C\CC(O)CC(=O)NC(COP(=O)(O)OC1C(O)C(O)C(O)C(O)C1O)C(O)/C=C/CC/C=C/CC/C=C/CCCCCCCC. The van der Waals surface area contributed by atoms with Gasteiger partial charge < -0.3 is 46.0 Å². The lowest BCUT2D eigenvalue weighted by Gasteiger charge is -2.41. The zero-order chi connectivity index (χ0) is 39.5. The molecular formula is C39H70NO12P. The van der Waals surface area contributed by atoms with Crippen molar-refractivity contribution in [1.82, 2.24) is 5.32 Å². The van der Waals surface area contributed by atoms with Crippen LogP contribution in [-0.4, -0.2) is 108 Å². The minimum atomic E-state index is -5.15. The highest BCUT2D eigenvalue weighted by Gasteiger charge is 2.51. The fourth-order valence-electron chi connectivity index (χ4n) is 5.80. The smallest absolute Gasteiger partial charge is 0.392 e. The molecule has 0 radical (unpaired) electrons. The van der Waals surface area contributed by atoms with E-state index in [1.165, 1.54) is 44.6 Å². The summed E-state index contributed by atoms with van der Waals surface area (Å²) in [6.45, 7) is 3.59. The van der Waals surface area contributed by atoms with Gasteiger partial charge in [-0.1, -0.05) is 114 Å². The van der Waals surface area contributed by atoms with E-state index in [4.69, 9.17) is 9.05 Å². The van der Waals surface area contributed by atoms with E-state index in [1.54, 1.807) is 6.08 Å². The standard InChI is InChI=1S/C39H70NO12P/c1-3-5-7-9-11-12-13-14-15-16-17-18-19-21-23-25-27-32(42)31(40-33(43)28-30(41)26-24-22-20-10-8-6-4-2)29-51-53(49,50)52-39-37(47)35(45)34(44)36(46)38(39)48/h14-15,18-19,22,24-25,27,30-32,34-39,41-42,44-48H,3-13,16-17,20-21,23,26,28-29H2,1-2H3,(H,40,43)(H,49,50)/b15-14+,19-18+,24-22-,27-25+. The Balaban J connectivity index is 2.71. The summed E-state index contributed by atoms with van der Waals surface area (Å²) in [5.74, 6) is -0.647. The third kappa shape index (κ3) is 22.4. The number of rotatable bonds is 30. The Bertz CT molecular complexity index is 1100. The highest BCUT2D eigenvalue weighted by Crippen LogP contribution is 2.47. The van der Waals surface area contributed by atoms with E-state index in [9.17, 15) is 50.0 Å². The lowest BCUT2D eigenvalue weighted by atomic mass is 9.85. The van der Waals surface area contributed by atoms with Crippen molar-refractivity contribution in [2.45, 2.75) is 184 Å². The Morgan fingerprint density at radius 1 is 0.660 bits per heavy atom. The average Bonchev–Trinajstić information content (AvgIpc) is 3.12. The number of aliphatic hydroxyl groups excluding tert-OH is 7. The van der Waals surface area contributed by atoms with E-state index in [2.05, 4.69) is 37.4 Å². The summed E-state index contributed by atoms with van der Waals surface area (Å²) < 4.78 is 22.7. The molecule has 0 saturated heterocycles. The van der Waals surface area contributed by atoms with E-state index in [0.717, 1.165) is 51.4 Å². The number of phosphoric acid groups is 1. The molecule has 0 aromatic carbocycles. The van der Waals surface area contributed by atoms with Crippen LogP contribution in [0.2, 0.25) is 0 Å². The Morgan fingerprint density at radius 3 is 1.68 bits per heavy atom. The van der Waals surface area contributed by atoms with Gasteiger partial charge in [0.2, 0.25) is 5.91 Å². The summed E-state index contributed by atoms with van der Waals surface area (Å²) in [6, 6.07) is -1.28. The molecule has 8 unspecified atom stereocenters. The fourth-order valence-corrected chi connectivity index (χ4v) is 6.76. The number of allylic oxidation sites excluding steroid dienone is 6. The van der Waals surface area contributed by atoms with Gasteiger partial charge in [0.05, 0.1) is 31.3 Å². The van der Waals surface area contributed by atoms with Crippen LogP contribution in [0.15, 0.2) is 48.6 Å². The Morgan fingerprint density at radius 2 is 1.11 bits per heavy atom. The third-order valence-electron chi connectivity index (χ3n) is 9.11. The van der Waals surface area contributed by atoms with E-state index in [-0.39, 0.29) is 12.8 Å². The average molecular weight is 776 g/mol. The van der Waals surface area contributed by atoms with E-state index < -0.39 is 75.2 Å². The molecule has 1 aliphatic rings. The molecule has 1 fully saturated rings. The predicted molar refractivity (Wildman–Crippen MR) is 206 cm³/mol. The number of carbonyl (C=O) groups is 1. The van der Waals surface area contributed by atoms with Crippen molar-refractivity contribution >= 4 is 13.7 Å². The van der Waals surface area contributed by atoms with Crippen molar-refractivity contribution in [3.63, 3.8) is 0 Å². The Kier molecular flexibility index (Phi) is 27.5. The highest BCUT2D eigenvalue weighted by atomic mass is 31.2. The van der Waals surface area contributed by atoms with Crippen molar-refractivity contribution in [3.05, 3.63) is 48.6 Å². The largest absolute Gasteiger partial charge is 0.472 e. The quantitative estimate of drug-likeness (QED) is 0.0273. The summed E-state index contributed by atoms with van der Waals surface area (Å²) in [4.78, 5) is 23.2. The maximum Gasteiger partial charge on any atom is 0.472 e. The molecule has 0 bridgehead atoms. The van der Waals surface area contributed by atoms with E-state index in [1.807, 2.05) is 18.2 Å². The van der Waals surface area contributed by atoms with Crippen LogP contribution in [0.25, 0.3) is 0 Å². The van der Waals surface area contributed by atoms with Crippen molar-refractivity contribution < 1.29 is 59.0 Å². The first-order valence-electron chi connectivity index (χ1n) is 19.7. The van der Waals surface area contributed by atoms with Crippen LogP contribution in [0.1, 0.15) is 129 Å². The van der Waals surface area contributed by atoms with Gasteiger partial charge >= 0.3 is 7.82 Å². The second-order valence-electron chi connectivity index (χ2n) is 13.9. The van der Waals surface area contributed by atoms with Gasteiger partial charge in [0.15, 0.2) is 0 Å². The topological polar surface area (TPSA) is 226 Å². The summed E-state index contributed by atoms with van der Waals surface area (Å²) in [5.41, 5.74) is 0. The van der Waals surface area contributed by atoms with Crippen molar-refractivity contribution in [1.29, 1.82) is 0 Å². The minimum absolute atomic E-state index is 0.242. The molecule has 14 heteroatoms. The summed E-state index contributed by atoms with van der Waals surface area (Å²) in [6.07, 6.45) is 18.3. The van der Waals surface area contributed by atoms with Crippen molar-refractivity contribution in [2.24, 2.45) is 0 Å². The first kappa shape index (κ1) is 49.3. The number of aliphatic hydroxyl groups is 7. The Hall–Kier alpha value is -1.74. The third-order valence-corrected chi connectivity index (χ3v) is 10.1. The molecule has 8 atom stereocenters.